The van der Waals surface area contributed by atoms with Crippen molar-refractivity contribution in [2.45, 2.75) is 32.2 Å². The fourth-order valence-electron chi connectivity index (χ4n) is 1.61. The van der Waals surface area contributed by atoms with E-state index in [9.17, 15) is 9.59 Å². The molecule has 0 saturated carbocycles. The largest absolute Gasteiger partial charge is 0.480 e. The maximum atomic E-state index is 10.9. The van der Waals surface area contributed by atoms with Crippen molar-refractivity contribution >= 4 is 11.9 Å². The van der Waals surface area contributed by atoms with Gasteiger partial charge in [0, 0.05) is 6.42 Å². The van der Waals surface area contributed by atoms with Crippen molar-refractivity contribution in [2.24, 2.45) is 5.92 Å². The second-order valence-electron chi connectivity index (χ2n) is 3.14. The maximum Gasteiger partial charge on any atom is 0.326 e. The Morgan fingerprint density at radius 1 is 1.75 bits per heavy atom. The summed E-state index contributed by atoms with van der Waals surface area (Å²) in [6.45, 7) is 1.99. The highest BCUT2D eigenvalue weighted by Crippen LogP contribution is 2.21. The first kappa shape index (κ1) is 9.03. The Hall–Kier alpha value is -1.06. The number of hydrogen-bond donors (Lipinski definition) is 2. The number of carboxylic acid groups (broad SMARTS) is 1. The summed E-state index contributed by atoms with van der Waals surface area (Å²) in [6, 6.07) is -0.655. The van der Waals surface area contributed by atoms with Crippen molar-refractivity contribution in [1.82, 2.24) is 5.32 Å². The van der Waals surface area contributed by atoms with Crippen LogP contribution in [0.4, 0.5) is 0 Å². The molecule has 1 amide bonds. The average molecular weight is 171 g/mol. The lowest BCUT2D eigenvalue weighted by Crippen LogP contribution is -2.36. The Balaban J connectivity index is 2.59. The van der Waals surface area contributed by atoms with Crippen molar-refractivity contribution in [1.29, 1.82) is 0 Å². The predicted octanol–water partition coefficient (Wildman–Crippen LogP) is 0.376. The molecule has 0 radical (unpaired) electrons. The maximum absolute atomic E-state index is 10.9. The lowest BCUT2D eigenvalue weighted by Gasteiger charge is -2.12. The van der Waals surface area contributed by atoms with E-state index in [4.69, 9.17) is 5.11 Å². The SMILES string of the molecule is CCC[C@@H]1CC(=O)N[C@H]1C(=O)O. The fourth-order valence-corrected chi connectivity index (χ4v) is 1.61. The minimum atomic E-state index is -0.917. The molecule has 0 aromatic rings. The Kier molecular flexibility index (Phi) is 2.68. The van der Waals surface area contributed by atoms with E-state index < -0.39 is 12.0 Å². The highest BCUT2D eigenvalue weighted by atomic mass is 16.4. The monoisotopic (exact) mass is 171 g/mol. The van der Waals surface area contributed by atoms with Gasteiger partial charge >= 0.3 is 5.97 Å². The zero-order chi connectivity index (χ0) is 9.14. The first-order valence-corrected chi connectivity index (χ1v) is 4.17. The lowest BCUT2D eigenvalue weighted by molar-refractivity contribution is -0.140. The summed E-state index contributed by atoms with van der Waals surface area (Å²) in [5.41, 5.74) is 0. The molecule has 2 N–H and O–H groups in total. The molecule has 0 aromatic heterocycles. The third-order valence-corrected chi connectivity index (χ3v) is 2.16. The van der Waals surface area contributed by atoms with Gasteiger partial charge in [0.05, 0.1) is 0 Å². The van der Waals surface area contributed by atoms with Crippen LogP contribution in [0.3, 0.4) is 0 Å². The molecule has 2 atom stereocenters. The van der Waals surface area contributed by atoms with Crippen LogP contribution in [0.5, 0.6) is 0 Å². The summed E-state index contributed by atoms with van der Waals surface area (Å²) in [5.74, 6) is -1.07. The molecule has 1 aliphatic rings. The van der Waals surface area contributed by atoms with Gasteiger partial charge in [0.25, 0.3) is 0 Å². The van der Waals surface area contributed by atoms with Crippen LogP contribution in [0, 0.1) is 5.92 Å². The standard InChI is InChI=1S/C8H13NO3/c1-2-3-5-4-6(10)9-7(5)8(11)12/h5,7H,2-4H2,1H3,(H,9,10)(H,11,12)/t5-,7-/m1/s1. The molecule has 0 unspecified atom stereocenters. The zero-order valence-corrected chi connectivity index (χ0v) is 7.04. The third kappa shape index (κ3) is 1.75. The van der Waals surface area contributed by atoms with Crippen LogP contribution in [-0.2, 0) is 9.59 Å². The van der Waals surface area contributed by atoms with E-state index in [1.165, 1.54) is 0 Å². The van der Waals surface area contributed by atoms with E-state index >= 15 is 0 Å². The number of carbonyl (C=O) groups is 2. The first-order chi connectivity index (χ1) is 5.65. The summed E-state index contributed by atoms with van der Waals surface area (Å²) in [7, 11) is 0. The number of carbonyl (C=O) groups excluding carboxylic acids is 1. The van der Waals surface area contributed by atoms with Crippen LogP contribution in [0.1, 0.15) is 26.2 Å². The summed E-state index contributed by atoms with van der Waals surface area (Å²) in [5, 5.41) is 11.2. The van der Waals surface area contributed by atoms with Crippen LogP contribution in [0.2, 0.25) is 0 Å². The predicted molar refractivity (Wildman–Crippen MR) is 42.6 cm³/mol. The van der Waals surface area contributed by atoms with E-state index in [2.05, 4.69) is 5.32 Å². The van der Waals surface area contributed by atoms with Crippen LogP contribution in [0.15, 0.2) is 0 Å². The molecule has 68 valence electrons. The minimum absolute atomic E-state index is 0.0139. The molecule has 1 aliphatic heterocycles. The number of aliphatic carboxylic acids is 1. The summed E-state index contributed by atoms with van der Waals surface area (Å²) in [4.78, 5) is 21.5. The van der Waals surface area contributed by atoms with Gasteiger partial charge in [-0.1, -0.05) is 13.3 Å². The van der Waals surface area contributed by atoms with E-state index in [0.717, 1.165) is 12.8 Å². The summed E-state index contributed by atoms with van der Waals surface area (Å²) >= 11 is 0. The molecule has 4 nitrogen and oxygen atoms in total. The van der Waals surface area contributed by atoms with Crippen molar-refractivity contribution < 1.29 is 14.7 Å². The summed E-state index contributed by atoms with van der Waals surface area (Å²) < 4.78 is 0. The van der Waals surface area contributed by atoms with Gasteiger partial charge < -0.3 is 10.4 Å². The van der Waals surface area contributed by atoms with E-state index in [0.29, 0.717) is 6.42 Å². The molecular weight excluding hydrogens is 158 g/mol. The first-order valence-electron chi connectivity index (χ1n) is 4.17. The van der Waals surface area contributed by atoms with Crippen molar-refractivity contribution in [3.8, 4) is 0 Å². The van der Waals surface area contributed by atoms with E-state index in [-0.39, 0.29) is 11.8 Å². The van der Waals surface area contributed by atoms with Gasteiger partial charge in [-0.2, -0.15) is 0 Å². The number of hydrogen-bond acceptors (Lipinski definition) is 2. The van der Waals surface area contributed by atoms with Gasteiger partial charge in [-0.05, 0) is 12.3 Å². The molecular formula is C8H13NO3. The molecule has 0 aliphatic carbocycles. The molecule has 0 bridgehead atoms. The molecule has 0 aromatic carbocycles. The van der Waals surface area contributed by atoms with Crippen LogP contribution < -0.4 is 5.32 Å². The van der Waals surface area contributed by atoms with Crippen LogP contribution in [0.25, 0.3) is 0 Å². The topological polar surface area (TPSA) is 66.4 Å². The Bertz CT molecular complexity index is 202. The van der Waals surface area contributed by atoms with Gasteiger partial charge in [0.2, 0.25) is 5.91 Å². The van der Waals surface area contributed by atoms with E-state index in [1.54, 1.807) is 0 Å². The van der Waals surface area contributed by atoms with Crippen molar-refractivity contribution in [3.63, 3.8) is 0 Å². The normalized spacial score (nSPS) is 28.6. The van der Waals surface area contributed by atoms with Gasteiger partial charge in [-0.15, -0.1) is 0 Å². The smallest absolute Gasteiger partial charge is 0.326 e. The molecule has 0 spiro atoms. The van der Waals surface area contributed by atoms with Crippen molar-refractivity contribution in [2.75, 3.05) is 0 Å². The zero-order valence-electron chi connectivity index (χ0n) is 7.04. The molecule has 1 rings (SSSR count). The lowest BCUT2D eigenvalue weighted by atomic mass is 9.96. The highest BCUT2D eigenvalue weighted by molar-refractivity contribution is 5.87. The van der Waals surface area contributed by atoms with Gasteiger partial charge in [0.15, 0.2) is 0 Å². The average Bonchev–Trinajstić information content (AvgIpc) is 2.32. The molecule has 1 heterocycles. The number of carboxylic acids is 1. The van der Waals surface area contributed by atoms with Gasteiger partial charge in [-0.25, -0.2) is 4.79 Å². The van der Waals surface area contributed by atoms with Gasteiger partial charge in [-0.3, -0.25) is 4.79 Å². The summed E-state index contributed by atoms with van der Waals surface area (Å²) in [6.07, 6.45) is 2.09. The molecule has 4 heteroatoms. The quantitative estimate of drug-likeness (QED) is 0.645. The fraction of sp³-hybridized carbons (Fsp3) is 0.750. The second-order valence-corrected chi connectivity index (χ2v) is 3.14. The number of amides is 1. The van der Waals surface area contributed by atoms with Gasteiger partial charge in [0.1, 0.15) is 6.04 Å². The van der Waals surface area contributed by atoms with Crippen LogP contribution >= 0.6 is 0 Å². The Morgan fingerprint density at radius 2 is 2.42 bits per heavy atom. The number of rotatable bonds is 3. The van der Waals surface area contributed by atoms with E-state index in [1.807, 2.05) is 6.92 Å². The molecule has 1 fully saturated rings. The Labute approximate surface area is 71.0 Å². The highest BCUT2D eigenvalue weighted by Gasteiger charge is 2.36. The third-order valence-electron chi connectivity index (χ3n) is 2.16. The molecule has 12 heavy (non-hydrogen) atoms. The molecule has 1 saturated heterocycles. The Morgan fingerprint density at radius 3 is 2.92 bits per heavy atom. The number of nitrogens with one attached hydrogen (secondary N) is 1. The minimum Gasteiger partial charge on any atom is -0.480 e. The van der Waals surface area contributed by atoms with Crippen molar-refractivity contribution in [3.05, 3.63) is 0 Å². The van der Waals surface area contributed by atoms with Crippen LogP contribution in [-0.4, -0.2) is 23.0 Å². The second kappa shape index (κ2) is 3.56.